The zero-order chi connectivity index (χ0) is 24.7. The van der Waals surface area contributed by atoms with E-state index in [9.17, 15) is 9.59 Å². The maximum absolute atomic E-state index is 13.7. The molecule has 0 N–H and O–H groups in total. The molecule has 0 aliphatic carbocycles. The summed E-state index contributed by atoms with van der Waals surface area (Å²) in [5.74, 6) is 1.12. The number of fused-ring (bicyclic) bond motifs is 1. The summed E-state index contributed by atoms with van der Waals surface area (Å²) in [6.45, 7) is 7.85. The Morgan fingerprint density at radius 3 is 2.54 bits per heavy atom. The van der Waals surface area contributed by atoms with Gasteiger partial charge in [0.2, 0.25) is 0 Å². The SMILES string of the molecule is Cc1cccn2c(=O)c(/C=C3/SC(=S)N([C@@H](C)c4ccccc4)C3=O)c(N3CCC(C)CC3)nc12. The average Bonchev–Trinajstić information content (AvgIpc) is 3.14. The van der Waals surface area contributed by atoms with Gasteiger partial charge in [0, 0.05) is 19.3 Å². The highest BCUT2D eigenvalue weighted by Crippen LogP contribution is 2.38. The van der Waals surface area contributed by atoms with Crippen LogP contribution in [0.2, 0.25) is 0 Å². The van der Waals surface area contributed by atoms with Crippen LogP contribution >= 0.6 is 24.0 Å². The zero-order valence-corrected chi connectivity index (χ0v) is 21.7. The quantitative estimate of drug-likeness (QED) is 0.360. The van der Waals surface area contributed by atoms with Gasteiger partial charge in [0.15, 0.2) is 0 Å². The standard InChI is InChI=1S/C27H28N4O2S2/c1-17-11-14-29(15-12-17)24-21(25(32)30-13-7-8-18(2)23(30)28-24)16-22-26(33)31(27(34)35-22)19(3)20-9-5-4-6-10-20/h4-10,13,16-17,19H,11-12,14-15H2,1-3H3/b22-16+/t19-/m0/s1. The van der Waals surface area contributed by atoms with Crippen molar-refractivity contribution in [3.8, 4) is 0 Å². The Morgan fingerprint density at radius 2 is 1.83 bits per heavy atom. The van der Waals surface area contributed by atoms with Crippen molar-refractivity contribution in [1.29, 1.82) is 0 Å². The van der Waals surface area contributed by atoms with Gasteiger partial charge >= 0.3 is 0 Å². The van der Waals surface area contributed by atoms with Crippen LogP contribution in [0.3, 0.4) is 0 Å². The molecule has 3 aromatic rings. The summed E-state index contributed by atoms with van der Waals surface area (Å²) in [7, 11) is 0. The van der Waals surface area contributed by atoms with Crippen molar-refractivity contribution < 1.29 is 4.79 Å². The van der Waals surface area contributed by atoms with Crippen LogP contribution in [0.15, 0.2) is 58.4 Å². The molecule has 2 fully saturated rings. The predicted octanol–water partition coefficient (Wildman–Crippen LogP) is 5.20. The van der Waals surface area contributed by atoms with Crippen LogP contribution in [-0.4, -0.2) is 37.6 Å². The van der Waals surface area contributed by atoms with Crippen molar-refractivity contribution in [2.45, 2.75) is 39.7 Å². The van der Waals surface area contributed by atoms with Crippen LogP contribution in [0, 0.1) is 12.8 Å². The van der Waals surface area contributed by atoms with Crippen molar-refractivity contribution in [1.82, 2.24) is 14.3 Å². The van der Waals surface area contributed by atoms with Crippen LogP contribution < -0.4 is 10.5 Å². The molecule has 1 atom stereocenters. The fourth-order valence-corrected chi connectivity index (χ4v) is 6.11. The number of aromatic nitrogens is 2. The first-order valence-electron chi connectivity index (χ1n) is 11.9. The smallest absolute Gasteiger partial charge is 0.267 e. The Labute approximate surface area is 214 Å². The number of rotatable bonds is 4. The molecule has 5 rings (SSSR count). The van der Waals surface area contributed by atoms with Crippen LogP contribution in [0.1, 0.15) is 49.4 Å². The van der Waals surface area contributed by atoms with Crippen molar-refractivity contribution >= 4 is 51.7 Å². The third-order valence-corrected chi connectivity index (χ3v) is 8.25. The van der Waals surface area contributed by atoms with Crippen molar-refractivity contribution in [2.24, 2.45) is 5.92 Å². The Morgan fingerprint density at radius 1 is 1.11 bits per heavy atom. The minimum atomic E-state index is -0.198. The summed E-state index contributed by atoms with van der Waals surface area (Å²) in [6, 6.07) is 13.4. The van der Waals surface area contributed by atoms with E-state index in [-0.39, 0.29) is 17.5 Å². The molecule has 8 heteroatoms. The molecule has 180 valence electrons. The van der Waals surface area contributed by atoms with Crippen LogP contribution in [-0.2, 0) is 4.79 Å². The van der Waals surface area contributed by atoms with E-state index in [1.165, 1.54) is 11.8 Å². The van der Waals surface area contributed by atoms with Gasteiger partial charge in [-0.2, -0.15) is 0 Å². The van der Waals surface area contributed by atoms with E-state index in [2.05, 4.69) is 11.8 Å². The summed E-state index contributed by atoms with van der Waals surface area (Å²) in [5.41, 5.74) is 2.86. The second-order valence-corrected chi connectivity index (χ2v) is 11.0. The molecule has 2 aliphatic rings. The fraction of sp³-hybridized carbons (Fsp3) is 0.333. The number of nitrogens with zero attached hydrogens (tertiary/aromatic N) is 4. The van der Waals surface area contributed by atoms with Gasteiger partial charge in [0.05, 0.1) is 16.5 Å². The van der Waals surface area contributed by atoms with Gasteiger partial charge in [-0.25, -0.2) is 4.98 Å². The Bertz CT molecular complexity index is 1390. The van der Waals surface area contributed by atoms with Crippen LogP contribution in [0.5, 0.6) is 0 Å². The molecule has 0 bridgehead atoms. The summed E-state index contributed by atoms with van der Waals surface area (Å²) in [5, 5.41) is 0. The highest BCUT2D eigenvalue weighted by Gasteiger charge is 2.36. The summed E-state index contributed by atoms with van der Waals surface area (Å²) >= 11 is 6.85. The topological polar surface area (TPSA) is 57.9 Å². The molecule has 2 aromatic heterocycles. The lowest BCUT2D eigenvalue weighted by molar-refractivity contribution is -0.123. The Kier molecular flexibility index (Phi) is 6.51. The molecule has 6 nitrogen and oxygen atoms in total. The molecular weight excluding hydrogens is 476 g/mol. The predicted molar refractivity (Wildman–Crippen MR) is 147 cm³/mol. The van der Waals surface area contributed by atoms with E-state index >= 15 is 0 Å². The van der Waals surface area contributed by atoms with Crippen molar-refractivity contribution in [3.63, 3.8) is 0 Å². The molecule has 1 aromatic carbocycles. The second-order valence-electron chi connectivity index (χ2n) is 9.35. The number of hydrogen-bond donors (Lipinski definition) is 0. The normalized spacial score (nSPS) is 19.2. The molecule has 4 heterocycles. The minimum Gasteiger partial charge on any atom is -0.356 e. The van der Waals surface area contributed by atoms with E-state index < -0.39 is 0 Å². The number of hydrogen-bond acceptors (Lipinski definition) is 6. The van der Waals surface area contributed by atoms with E-state index in [1.54, 1.807) is 21.6 Å². The van der Waals surface area contributed by atoms with E-state index in [0.29, 0.717) is 32.2 Å². The number of amides is 1. The summed E-state index contributed by atoms with van der Waals surface area (Å²) in [4.78, 5) is 36.4. The number of piperidine rings is 1. The number of aryl methyl sites for hydroxylation is 1. The van der Waals surface area contributed by atoms with Gasteiger partial charge in [-0.1, -0.05) is 67.3 Å². The van der Waals surface area contributed by atoms with Gasteiger partial charge in [-0.15, -0.1) is 0 Å². The first-order valence-corrected chi connectivity index (χ1v) is 13.2. The first kappa shape index (κ1) is 23.8. The summed E-state index contributed by atoms with van der Waals surface area (Å²) < 4.78 is 2.07. The molecule has 0 spiro atoms. The number of thiocarbonyl (C=S) groups is 1. The molecule has 2 saturated heterocycles. The lowest BCUT2D eigenvalue weighted by Crippen LogP contribution is -2.36. The van der Waals surface area contributed by atoms with Gasteiger partial charge in [0.1, 0.15) is 15.8 Å². The molecule has 0 radical (unpaired) electrons. The molecule has 35 heavy (non-hydrogen) atoms. The van der Waals surface area contributed by atoms with Gasteiger partial charge in [0.25, 0.3) is 11.5 Å². The van der Waals surface area contributed by atoms with E-state index in [0.717, 1.165) is 37.1 Å². The lowest BCUT2D eigenvalue weighted by atomic mass is 9.99. The minimum absolute atomic E-state index is 0.173. The van der Waals surface area contributed by atoms with Crippen LogP contribution in [0.4, 0.5) is 5.82 Å². The number of anilines is 1. The number of carbonyl (C=O) groups is 1. The van der Waals surface area contributed by atoms with E-state index in [4.69, 9.17) is 17.2 Å². The number of carbonyl (C=O) groups excluding carboxylic acids is 1. The third-order valence-electron chi connectivity index (χ3n) is 6.92. The monoisotopic (exact) mass is 504 g/mol. The highest BCUT2D eigenvalue weighted by atomic mass is 32.2. The molecular formula is C27H28N4O2S2. The average molecular weight is 505 g/mol. The van der Waals surface area contributed by atoms with Crippen molar-refractivity contribution in [2.75, 3.05) is 18.0 Å². The first-order chi connectivity index (χ1) is 16.8. The largest absolute Gasteiger partial charge is 0.356 e. The Balaban J connectivity index is 1.60. The number of pyridine rings is 1. The molecule has 0 unspecified atom stereocenters. The number of benzene rings is 1. The van der Waals surface area contributed by atoms with E-state index in [1.807, 2.05) is 56.3 Å². The Hall–Kier alpha value is -2.97. The molecule has 1 amide bonds. The molecule has 0 saturated carbocycles. The summed E-state index contributed by atoms with van der Waals surface area (Å²) in [6.07, 6.45) is 5.53. The fourth-order valence-electron chi connectivity index (χ4n) is 4.71. The highest BCUT2D eigenvalue weighted by molar-refractivity contribution is 8.26. The van der Waals surface area contributed by atoms with Gasteiger partial charge in [-0.05, 0) is 55.9 Å². The maximum Gasteiger partial charge on any atom is 0.267 e. The molecule has 2 aliphatic heterocycles. The third kappa shape index (κ3) is 4.41. The lowest BCUT2D eigenvalue weighted by Gasteiger charge is -2.32. The maximum atomic E-state index is 13.7. The zero-order valence-electron chi connectivity index (χ0n) is 20.1. The van der Waals surface area contributed by atoms with Crippen LogP contribution in [0.25, 0.3) is 11.7 Å². The second kappa shape index (κ2) is 9.59. The van der Waals surface area contributed by atoms with Crippen molar-refractivity contribution in [3.05, 3.63) is 80.6 Å². The number of thioether (sulfide) groups is 1. The van der Waals surface area contributed by atoms with Gasteiger partial charge in [-0.3, -0.25) is 18.9 Å². The van der Waals surface area contributed by atoms with Gasteiger partial charge < -0.3 is 4.90 Å².